The summed E-state index contributed by atoms with van der Waals surface area (Å²) in [7, 11) is -0.899. The number of nitrogen functional groups attached to an aromatic ring is 1. The fourth-order valence-electron chi connectivity index (χ4n) is 1.27. The number of halogens is 2. The quantitative estimate of drug-likeness (QED) is 0.818. The summed E-state index contributed by atoms with van der Waals surface area (Å²) in [4.78, 5) is 11.8. The van der Waals surface area contributed by atoms with Gasteiger partial charge in [-0.2, -0.15) is 0 Å². The van der Waals surface area contributed by atoms with Crippen LogP contribution in [-0.4, -0.2) is 28.2 Å². The van der Waals surface area contributed by atoms with Crippen molar-refractivity contribution in [2.24, 2.45) is 0 Å². The van der Waals surface area contributed by atoms with Crippen LogP contribution in [0.2, 0.25) is 10.0 Å². The van der Waals surface area contributed by atoms with Gasteiger partial charge in [0.15, 0.2) is 0 Å². The minimum Gasteiger partial charge on any atom is -0.397 e. The third-order valence-corrected chi connectivity index (χ3v) is 4.38. The van der Waals surface area contributed by atoms with Crippen LogP contribution in [0.1, 0.15) is 17.3 Å². The van der Waals surface area contributed by atoms with Gasteiger partial charge in [0.1, 0.15) is 0 Å². The molecule has 0 radical (unpaired) electrons. The third-order valence-electron chi connectivity index (χ3n) is 2.26. The minimum absolute atomic E-state index is 0.235. The Morgan fingerprint density at radius 3 is 2.67 bits per heavy atom. The van der Waals surface area contributed by atoms with Crippen molar-refractivity contribution in [3.05, 3.63) is 27.7 Å². The van der Waals surface area contributed by atoms with E-state index in [1.54, 1.807) is 0 Å². The Morgan fingerprint density at radius 2 is 2.11 bits per heavy atom. The van der Waals surface area contributed by atoms with Crippen LogP contribution >= 0.6 is 23.2 Å². The number of rotatable bonds is 5. The number of amides is 1. The lowest BCUT2D eigenvalue weighted by molar-refractivity contribution is 0.0956. The van der Waals surface area contributed by atoms with Crippen molar-refractivity contribution in [3.63, 3.8) is 0 Å². The van der Waals surface area contributed by atoms with Gasteiger partial charge in [0.05, 0.1) is 15.7 Å². The fourth-order valence-corrected chi connectivity index (χ4v) is 2.22. The van der Waals surface area contributed by atoms with E-state index in [0.29, 0.717) is 23.6 Å². The van der Waals surface area contributed by atoms with Gasteiger partial charge in [-0.15, -0.1) is 0 Å². The molecule has 0 heterocycles. The van der Waals surface area contributed by atoms with Gasteiger partial charge in [0, 0.05) is 34.4 Å². The Labute approximate surface area is 118 Å². The van der Waals surface area contributed by atoms with E-state index in [1.807, 2.05) is 6.92 Å². The van der Waals surface area contributed by atoms with E-state index in [2.05, 4.69) is 5.32 Å². The lowest BCUT2D eigenvalue weighted by Gasteiger charge is -2.07. The Morgan fingerprint density at radius 1 is 1.44 bits per heavy atom. The first-order chi connectivity index (χ1) is 8.45. The SMILES string of the molecule is CCS(=O)CCNC(=O)c1cc(N)c(Cl)c(Cl)c1. The number of nitrogens with two attached hydrogens (primary N) is 1. The molecule has 0 spiro atoms. The van der Waals surface area contributed by atoms with Gasteiger partial charge in [-0.1, -0.05) is 30.1 Å². The molecule has 0 saturated carbocycles. The Bertz CT molecular complexity index is 457. The van der Waals surface area contributed by atoms with E-state index in [4.69, 9.17) is 28.9 Å². The summed E-state index contributed by atoms with van der Waals surface area (Å²) in [5, 5.41) is 3.12. The van der Waals surface area contributed by atoms with Crippen molar-refractivity contribution in [1.82, 2.24) is 5.32 Å². The molecule has 0 aliphatic rings. The lowest BCUT2D eigenvalue weighted by atomic mass is 10.2. The summed E-state index contributed by atoms with van der Waals surface area (Å²) >= 11 is 11.6. The van der Waals surface area contributed by atoms with Crippen LogP contribution in [0.25, 0.3) is 0 Å². The summed E-state index contributed by atoms with van der Waals surface area (Å²) in [6.07, 6.45) is 0. The van der Waals surface area contributed by atoms with Crippen LogP contribution in [0.4, 0.5) is 5.69 Å². The lowest BCUT2D eigenvalue weighted by Crippen LogP contribution is -2.28. The van der Waals surface area contributed by atoms with E-state index in [-0.39, 0.29) is 21.6 Å². The molecule has 0 aliphatic carbocycles. The molecule has 1 aromatic rings. The first-order valence-corrected chi connectivity index (χ1v) is 7.57. The topological polar surface area (TPSA) is 72.2 Å². The Balaban J connectivity index is 2.65. The zero-order valence-corrected chi connectivity index (χ0v) is 12.2. The van der Waals surface area contributed by atoms with Crippen molar-refractivity contribution >= 4 is 45.6 Å². The predicted molar refractivity (Wildman–Crippen MR) is 76.8 cm³/mol. The molecule has 0 bridgehead atoms. The summed E-state index contributed by atoms with van der Waals surface area (Å²) in [6, 6.07) is 2.91. The second kappa shape index (κ2) is 6.97. The standard InChI is InChI=1S/C11H14Cl2N2O2S/c1-2-18(17)4-3-15-11(16)7-5-8(12)10(13)9(14)6-7/h5-6H,2-4,14H2,1H3,(H,15,16). The molecular formula is C11H14Cl2N2O2S. The Kier molecular flexibility index (Phi) is 5.91. The van der Waals surface area contributed by atoms with Crippen LogP contribution in [0.5, 0.6) is 0 Å². The van der Waals surface area contributed by atoms with Gasteiger partial charge in [0.25, 0.3) is 5.91 Å². The second-order valence-electron chi connectivity index (χ2n) is 3.55. The molecule has 3 N–H and O–H groups in total. The second-order valence-corrected chi connectivity index (χ2v) is 6.20. The third kappa shape index (κ3) is 4.15. The van der Waals surface area contributed by atoms with Crippen LogP contribution in [0, 0.1) is 0 Å². The van der Waals surface area contributed by atoms with Gasteiger partial charge in [0.2, 0.25) is 0 Å². The number of hydrogen-bond acceptors (Lipinski definition) is 3. The summed E-state index contributed by atoms with van der Waals surface area (Å²) < 4.78 is 11.2. The first-order valence-electron chi connectivity index (χ1n) is 5.33. The number of nitrogens with one attached hydrogen (secondary N) is 1. The summed E-state index contributed by atoms with van der Waals surface area (Å²) in [5.74, 6) is 0.697. The van der Waals surface area contributed by atoms with Crippen molar-refractivity contribution < 1.29 is 9.00 Å². The molecular weight excluding hydrogens is 295 g/mol. The molecule has 1 rings (SSSR count). The number of carbonyl (C=O) groups excluding carboxylic acids is 1. The zero-order valence-electron chi connectivity index (χ0n) is 9.83. The monoisotopic (exact) mass is 308 g/mol. The molecule has 0 saturated heterocycles. The molecule has 1 atom stereocenters. The predicted octanol–water partition coefficient (Wildman–Crippen LogP) is 2.07. The van der Waals surface area contributed by atoms with Crippen LogP contribution in [-0.2, 0) is 10.8 Å². The maximum Gasteiger partial charge on any atom is 0.251 e. The first kappa shape index (κ1) is 15.3. The zero-order chi connectivity index (χ0) is 13.7. The van der Waals surface area contributed by atoms with Crippen molar-refractivity contribution in [2.75, 3.05) is 23.8 Å². The van der Waals surface area contributed by atoms with Crippen LogP contribution in [0.3, 0.4) is 0 Å². The Hall–Kier alpha value is -0.780. The van der Waals surface area contributed by atoms with Crippen molar-refractivity contribution in [2.45, 2.75) is 6.92 Å². The average molecular weight is 309 g/mol. The van der Waals surface area contributed by atoms with Crippen molar-refractivity contribution in [3.8, 4) is 0 Å². The molecule has 1 amide bonds. The smallest absolute Gasteiger partial charge is 0.251 e. The molecule has 0 fully saturated rings. The highest BCUT2D eigenvalue weighted by atomic mass is 35.5. The molecule has 4 nitrogen and oxygen atoms in total. The molecule has 100 valence electrons. The molecule has 18 heavy (non-hydrogen) atoms. The van der Waals surface area contributed by atoms with Crippen LogP contribution < -0.4 is 11.1 Å². The normalized spacial score (nSPS) is 12.2. The maximum absolute atomic E-state index is 11.8. The van der Waals surface area contributed by atoms with Gasteiger partial charge in [-0.05, 0) is 12.1 Å². The average Bonchev–Trinajstić information content (AvgIpc) is 2.34. The van der Waals surface area contributed by atoms with E-state index >= 15 is 0 Å². The summed E-state index contributed by atoms with van der Waals surface area (Å²) in [5.41, 5.74) is 6.21. The highest BCUT2D eigenvalue weighted by Gasteiger charge is 2.11. The van der Waals surface area contributed by atoms with Crippen LogP contribution in [0.15, 0.2) is 12.1 Å². The van der Waals surface area contributed by atoms with Crippen molar-refractivity contribution in [1.29, 1.82) is 0 Å². The van der Waals surface area contributed by atoms with Gasteiger partial charge in [-0.25, -0.2) is 0 Å². The number of carbonyl (C=O) groups is 1. The van der Waals surface area contributed by atoms with Gasteiger partial charge >= 0.3 is 0 Å². The number of hydrogen-bond donors (Lipinski definition) is 2. The maximum atomic E-state index is 11.8. The van der Waals surface area contributed by atoms with E-state index in [9.17, 15) is 9.00 Å². The largest absolute Gasteiger partial charge is 0.397 e. The summed E-state index contributed by atoms with van der Waals surface area (Å²) in [6.45, 7) is 2.18. The molecule has 7 heteroatoms. The minimum atomic E-state index is -0.899. The van der Waals surface area contributed by atoms with E-state index in [1.165, 1.54) is 12.1 Å². The van der Waals surface area contributed by atoms with E-state index in [0.717, 1.165) is 0 Å². The van der Waals surface area contributed by atoms with Gasteiger partial charge < -0.3 is 11.1 Å². The molecule has 0 aliphatic heterocycles. The van der Waals surface area contributed by atoms with Gasteiger partial charge in [-0.3, -0.25) is 9.00 Å². The number of benzene rings is 1. The number of anilines is 1. The molecule has 0 aromatic heterocycles. The highest BCUT2D eigenvalue weighted by Crippen LogP contribution is 2.29. The highest BCUT2D eigenvalue weighted by molar-refractivity contribution is 7.84. The fraction of sp³-hybridized carbons (Fsp3) is 0.364. The molecule has 1 aromatic carbocycles. The molecule has 1 unspecified atom stereocenters. The van der Waals surface area contributed by atoms with E-state index < -0.39 is 10.8 Å².